The summed E-state index contributed by atoms with van der Waals surface area (Å²) in [4.78, 5) is 13.9. The van der Waals surface area contributed by atoms with Crippen LogP contribution in [0.1, 0.15) is 32.3 Å². The summed E-state index contributed by atoms with van der Waals surface area (Å²) in [6, 6.07) is 7.47. The van der Waals surface area contributed by atoms with Gasteiger partial charge in [-0.25, -0.2) is 0 Å². The standard InChI is InChI=1S/C19H28N4O3S/c1-3-4-9-20-19(27)22-21-15(2)16-5-7-17(8-6-16)26-14-18(24)23-10-12-25-13-11-23/h5-8H,3-4,9-14H2,1-2H3,(H2,20,22,27)/b21-15-. The lowest BCUT2D eigenvalue weighted by molar-refractivity contribution is -0.137. The van der Waals surface area contributed by atoms with Gasteiger partial charge in [-0.1, -0.05) is 13.3 Å². The fourth-order valence-corrected chi connectivity index (χ4v) is 2.61. The highest BCUT2D eigenvalue weighted by molar-refractivity contribution is 7.80. The fraction of sp³-hybridized carbons (Fsp3) is 0.526. The van der Waals surface area contributed by atoms with E-state index in [1.807, 2.05) is 31.2 Å². The minimum Gasteiger partial charge on any atom is -0.484 e. The van der Waals surface area contributed by atoms with Crippen LogP contribution < -0.4 is 15.5 Å². The second-order valence-electron chi connectivity index (χ2n) is 6.22. The van der Waals surface area contributed by atoms with E-state index < -0.39 is 0 Å². The van der Waals surface area contributed by atoms with Gasteiger partial charge in [0.15, 0.2) is 11.7 Å². The lowest BCUT2D eigenvalue weighted by Gasteiger charge is -2.26. The van der Waals surface area contributed by atoms with E-state index in [0.29, 0.717) is 37.2 Å². The van der Waals surface area contributed by atoms with Crippen LogP contribution in [0.3, 0.4) is 0 Å². The van der Waals surface area contributed by atoms with Crippen molar-refractivity contribution in [3.8, 4) is 5.75 Å². The van der Waals surface area contributed by atoms with Crippen LogP contribution in [0.15, 0.2) is 29.4 Å². The first-order valence-corrected chi connectivity index (χ1v) is 9.68. The maximum absolute atomic E-state index is 12.1. The first-order valence-electron chi connectivity index (χ1n) is 9.27. The SMILES string of the molecule is CCCCNC(=S)N/N=C(/C)c1ccc(OCC(=O)N2CCOCC2)cc1. The van der Waals surface area contributed by atoms with Crippen molar-refractivity contribution >= 4 is 28.9 Å². The van der Waals surface area contributed by atoms with E-state index in [-0.39, 0.29) is 12.5 Å². The van der Waals surface area contributed by atoms with Gasteiger partial charge in [0.25, 0.3) is 5.91 Å². The minimum absolute atomic E-state index is 0.0200. The summed E-state index contributed by atoms with van der Waals surface area (Å²) < 4.78 is 10.8. The van der Waals surface area contributed by atoms with Crippen LogP contribution in [-0.4, -0.2) is 61.1 Å². The number of carbonyl (C=O) groups excluding carboxylic acids is 1. The van der Waals surface area contributed by atoms with Gasteiger partial charge in [0.1, 0.15) is 5.75 Å². The van der Waals surface area contributed by atoms with Crippen LogP contribution >= 0.6 is 12.2 Å². The van der Waals surface area contributed by atoms with Gasteiger partial charge in [0.05, 0.1) is 18.9 Å². The molecule has 0 aliphatic carbocycles. The van der Waals surface area contributed by atoms with E-state index in [0.717, 1.165) is 30.7 Å². The Balaban J connectivity index is 1.78. The summed E-state index contributed by atoms with van der Waals surface area (Å²) in [7, 11) is 0. The molecule has 0 unspecified atom stereocenters. The van der Waals surface area contributed by atoms with E-state index >= 15 is 0 Å². The van der Waals surface area contributed by atoms with E-state index in [1.54, 1.807) is 4.90 Å². The lowest BCUT2D eigenvalue weighted by atomic mass is 10.1. The zero-order valence-corrected chi connectivity index (χ0v) is 16.8. The second-order valence-corrected chi connectivity index (χ2v) is 6.63. The normalized spacial score (nSPS) is 14.6. The number of thiocarbonyl (C=S) groups is 1. The number of rotatable bonds is 8. The molecule has 148 valence electrons. The number of hydrogen-bond donors (Lipinski definition) is 2. The summed E-state index contributed by atoms with van der Waals surface area (Å²) in [6.07, 6.45) is 2.18. The molecule has 1 saturated heterocycles. The van der Waals surface area contributed by atoms with Gasteiger partial charge in [0.2, 0.25) is 0 Å². The van der Waals surface area contributed by atoms with Gasteiger partial charge >= 0.3 is 0 Å². The molecule has 1 heterocycles. The summed E-state index contributed by atoms with van der Waals surface area (Å²) in [5.41, 5.74) is 4.61. The maximum Gasteiger partial charge on any atom is 0.260 e. The molecule has 0 aromatic heterocycles. The van der Waals surface area contributed by atoms with E-state index in [4.69, 9.17) is 21.7 Å². The average molecular weight is 393 g/mol. The summed E-state index contributed by atoms with van der Waals surface area (Å²) in [5, 5.41) is 7.91. The van der Waals surface area contributed by atoms with Crippen molar-refractivity contribution < 1.29 is 14.3 Å². The molecule has 2 rings (SSSR count). The molecule has 27 heavy (non-hydrogen) atoms. The Labute approximate surface area is 166 Å². The van der Waals surface area contributed by atoms with Crippen molar-refractivity contribution in [3.05, 3.63) is 29.8 Å². The van der Waals surface area contributed by atoms with Crippen molar-refractivity contribution in [1.29, 1.82) is 0 Å². The van der Waals surface area contributed by atoms with Crippen molar-refractivity contribution in [1.82, 2.24) is 15.6 Å². The van der Waals surface area contributed by atoms with E-state index in [1.165, 1.54) is 0 Å². The number of nitrogens with zero attached hydrogens (tertiary/aromatic N) is 2. The number of unbranched alkanes of at least 4 members (excludes halogenated alkanes) is 1. The number of benzene rings is 1. The van der Waals surface area contributed by atoms with Crippen LogP contribution in [0, 0.1) is 0 Å². The third kappa shape index (κ3) is 7.52. The van der Waals surface area contributed by atoms with E-state index in [9.17, 15) is 4.79 Å². The summed E-state index contributed by atoms with van der Waals surface area (Å²) in [5.74, 6) is 0.631. The molecule has 1 aliphatic heterocycles. The van der Waals surface area contributed by atoms with Crippen molar-refractivity contribution in [3.63, 3.8) is 0 Å². The molecule has 0 radical (unpaired) electrons. The third-order valence-electron chi connectivity index (χ3n) is 4.14. The van der Waals surface area contributed by atoms with Crippen LogP contribution in [0.2, 0.25) is 0 Å². The lowest BCUT2D eigenvalue weighted by Crippen LogP contribution is -2.42. The quantitative estimate of drug-likeness (QED) is 0.305. The fourth-order valence-electron chi connectivity index (χ4n) is 2.46. The highest BCUT2D eigenvalue weighted by Gasteiger charge is 2.17. The number of carbonyl (C=O) groups is 1. The second kappa shape index (κ2) is 11.5. The molecule has 0 saturated carbocycles. The smallest absolute Gasteiger partial charge is 0.260 e. The Bertz CT molecular complexity index is 643. The Kier molecular flexibility index (Phi) is 9.00. The topological polar surface area (TPSA) is 75.2 Å². The first-order chi connectivity index (χ1) is 13.1. The first kappa shape index (κ1) is 21.1. The maximum atomic E-state index is 12.1. The highest BCUT2D eigenvalue weighted by Crippen LogP contribution is 2.13. The van der Waals surface area contributed by atoms with E-state index in [2.05, 4.69) is 22.8 Å². The van der Waals surface area contributed by atoms with Crippen LogP contribution in [0.25, 0.3) is 0 Å². The Hall–Kier alpha value is -2.19. The van der Waals surface area contributed by atoms with Crippen molar-refractivity contribution in [2.45, 2.75) is 26.7 Å². The molecule has 1 aromatic carbocycles. The van der Waals surface area contributed by atoms with Crippen molar-refractivity contribution in [2.24, 2.45) is 5.10 Å². The number of amides is 1. The van der Waals surface area contributed by atoms with Gasteiger partial charge in [-0.05, 0) is 55.4 Å². The summed E-state index contributed by atoms with van der Waals surface area (Å²) >= 11 is 5.18. The molecule has 1 fully saturated rings. The molecular formula is C19H28N4O3S. The monoisotopic (exact) mass is 392 g/mol. The molecule has 1 aromatic rings. The van der Waals surface area contributed by atoms with Crippen LogP contribution in [0.5, 0.6) is 5.75 Å². The Morgan fingerprint density at radius 1 is 1.30 bits per heavy atom. The third-order valence-corrected chi connectivity index (χ3v) is 4.37. The van der Waals surface area contributed by atoms with Gasteiger partial charge in [-0.3, -0.25) is 10.2 Å². The number of morpholine rings is 1. The van der Waals surface area contributed by atoms with Gasteiger partial charge in [-0.15, -0.1) is 0 Å². The molecule has 1 aliphatic rings. The minimum atomic E-state index is -0.0200. The molecule has 7 nitrogen and oxygen atoms in total. The van der Waals surface area contributed by atoms with Gasteiger partial charge < -0.3 is 19.7 Å². The Morgan fingerprint density at radius 3 is 2.67 bits per heavy atom. The molecule has 0 atom stereocenters. The largest absolute Gasteiger partial charge is 0.484 e. The van der Waals surface area contributed by atoms with Crippen LogP contribution in [-0.2, 0) is 9.53 Å². The highest BCUT2D eigenvalue weighted by atomic mass is 32.1. The zero-order valence-electron chi connectivity index (χ0n) is 16.0. The number of hydrogen-bond acceptors (Lipinski definition) is 5. The zero-order chi connectivity index (χ0) is 19.5. The molecule has 0 bridgehead atoms. The van der Waals surface area contributed by atoms with Gasteiger partial charge in [0, 0.05) is 19.6 Å². The van der Waals surface area contributed by atoms with Crippen LogP contribution in [0.4, 0.5) is 0 Å². The van der Waals surface area contributed by atoms with Crippen molar-refractivity contribution in [2.75, 3.05) is 39.5 Å². The average Bonchev–Trinajstić information content (AvgIpc) is 2.71. The molecule has 0 spiro atoms. The molecular weight excluding hydrogens is 364 g/mol. The predicted molar refractivity (Wildman–Crippen MR) is 110 cm³/mol. The Morgan fingerprint density at radius 2 is 2.00 bits per heavy atom. The van der Waals surface area contributed by atoms with Gasteiger partial charge in [-0.2, -0.15) is 5.10 Å². The number of hydrazone groups is 1. The molecule has 2 N–H and O–H groups in total. The number of ether oxygens (including phenoxy) is 2. The summed E-state index contributed by atoms with van der Waals surface area (Å²) in [6.45, 7) is 7.33. The predicted octanol–water partition coefficient (Wildman–Crippen LogP) is 1.91. The molecule has 8 heteroatoms. The number of nitrogens with one attached hydrogen (secondary N) is 2. The molecule has 1 amide bonds.